The van der Waals surface area contributed by atoms with Crippen molar-refractivity contribution < 1.29 is 19.1 Å². The van der Waals surface area contributed by atoms with Crippen LogP contribution in [0.1, 0.15) is 29.8 Å². The minimum absolute atomic E-state index is 0.205. The third kappa shape index (κ3) is 2.18. The molecule has 1 heterocycles. The Labute approximate surface area is 118 Å². The quantitative estimate of drug-likeness (QED) is 0.892. The zero-order valence-electron chi connectivity index (χ0n) is 10.1. The highest BCUT2D eigenvalue weighted by Gasteiger charge is 2.51. The number of fused-ring (bicyclic) bond motifs is 2. The molecule has 2 aliphatic rings. The van der Waals surface area contributed by atoms with Crippen LogP contribution in [0, 0.1) is 17.8 Å². The van der Waals surface area contributed by atoms with Crippen molar-refractivity contribution in [3.8, 4) is 0 Å². The first-order valence-electron chi connectivity index (χ1n) is 6.35. The molecule has 4 atom stereocenters. The lowest BCUT2D eigenvalue weighted by atomic mass is 9.84. The molecule has 6 heteroatoms. The van der Waals surface area contributed by atoms with Crippen molar-refractivity contribution in [1.29, 1.82) is 0 Å². The van der Waals surface area contributed by atoms with E-state index in [2.05, 4.69) is 21.2 Å². The first-order valence-corrected chi connectivity index (χ1v) is 7.14. The molecule has 0 spiro atoms. The summed E-state index contributed by atoms with van der Waals surface area (Å²) in [6.45, 7) is 0. The van der Waals surface area contributed by atoms with Gasteiger partial charge in [0.15, 0.2) is 10.4 Å². The standard InChI is InChI=1S/C13H14BrNO4/c14-9-4-3-8(19-9)12(16)15-11-7-2-1-6(5-7)10(11)13(17)18/h3-4,6-7,10-11H,1-2,5H2,(H,15,16)(H,17,18). The zero-order chi connectivity index (χ0) is 13.6. The maximum atomic E-state index is 12.0. The van der Waals surface area contributed by atoms with E-state index in [0.29, 0.717) is 4.67 Å². The molecule has 1 aromatic rings. The Kier molecular flexibility index (Phi) is 3.12. The lowest BCUT2D eigenvalue weighted by Gasteiger charge is -2.28. The first kappa shape index (κ1) is 12.7. The Morgan fingerprint density at radius 3 is 2.68 bits per heavy atom. The van der Waals surface area contributed by atoms with Gasteiger partial charge in [0.1, 0.15) is 0 Å². The van der Waals surface area contributed by atoms with E-state index < -0.39 is 11.9 Å². The molecule has 3 rings (SSSR count). The van der Waals surface area contributed by atoms with Gasteiger partial charge in [-0.3, -0.25) is 9.59 Å². The zero-order valence-corrected chi connectivity index (χ0v) is 11.7. The molecule has 4 unspecified atom stereocenters. The number of carbonyl (C=O) groups is 2. The van der Waals surface area contributed by atoms with Crippen LogP contribution in [-0.4, -0.2) is 23.0 Å². The second kappa shape index (κ2) is 4.67. The smallest absolute Gasteiger partial charge is 0.308 e. The van der Waals surface area contributed by atoms with Crippen LogP contribution in [-0.2, 0) is 4.79 Å². The third-order valence-electron chi connectivity index (χ3n) is 4.30. The number of furan rings is 1. The lowest BCUT2D eigenvalue weighted by Crippen LogP contribution is -2.46. The van der Waals surface area contributed by atoms with Gasteiger partial charge in [0.25, 0.3) is 5.91 Å². The normalized spacial score (nSPS) is 32.5. The van der Waals surface area contributed by atoms with Gasteiger partial charge in [-0.05, 0) is 59.2 Å². The van der Waals surface area contributed by atoms with E-state index >= 15 is 0 Å². The Morgan fingerprint density at radius 1 is 1.32 bits per heavy atom. The molecule has 2 N–H and O–H groups in total. The summed E-state index contributed by atoms with van der Waals surface area (Å²) >= 11 is 3.14. The van der Waals surface area contributed by atoms with Crippen LogP contribution in [0.4, 0.5) is 0 Å². The van der Waals surface area contributed by atoms with Gasteiger partial charge < -0.3 is 14.8 Å². The monoisotopic (exact) mass is 327 g/mol. The number of carbonyl (C=O) groups excluding carboxylic acids is 1. The molecule has 102 valence electrons. The van der Waals surface area contributed by atoms with Crippen molar-refractivity contribution in [3.05, 3.63) is 22.6 Å². The van der Waals surface area contributed by atoms with Gasteiger partial charge in [-0.15, -0.1) is 0 Å². The fourth-order valence-corrected chi connectivity index (χ4v) is 3.82. The van der Waals surface area contributed by atoms with Crippen LogP contribution in [0.3, 0.4) is 0 Å². The fourth-order valence-electron chi connectivity index (χ4n) is 3.51. The van der Waals surface area contributed by atoms with E-state index in [-0.39, 0.29) is 29.5 Å². The van der Waals surface area contributed by atoms with E-state index in [1.165, 1.54) is 0 Å². The summed E-state index contributed by atoms with van der Waals surface area (Å²) in [6.07, 6.45) is 2.87. The molecular weight excluding hydrogens is 314 g/mol. The second-order valence-corrected chi connectivity index (χ2v) is 6.08. The van der Waals surface area contributed by atoms with Crippen molar-refractivity contribution in [1.82, 2.24) is 5.32 Å². The van der Waals surface area contributed by atoms with Crippen molar-refractivity contribution in [2.45, 2.75) is 25.3 Å². The molecule has 2 fully saturated rings. The minimum atomic E-state index is -0.807. The number of amides is 1. The van der Waals surface area contributed by atoms with Crippen molar-refractivity contribution in [3.63, 3.8) is 0 Å². The molecule has 0 aliphatic heterocycles. The highest BCUT2D eigenvalue weighted by molar-refractivity contribution is 9.10. The predicted octanol–water partition coefficient (Wildman–Crippen LogP) is 2.27. The molecule has 0 saturated heterocycles. The average Bonchev–Trinajstić information content (AvgIpc) is 3.03. The topological polar surface area (TPSA) is 79.5 Å². The van der Waals surface area contributed by atoms with Crippen LogP contribution in [0.25, 0.3) is 0 Å². The Balaban J connectivity index is 1.75. The highest BCUT2D eigenvalue weighted by Crippen LogP contribution is 2.48. The number of halogens is 1. The predicted molar refractivity (Wildman–Crippen MR) is 69.6 cm³/mol. The first-order chi connectivity index (χ1) is 9.06. The second-order valence-electron chi connectivity index (χ2n) is 5.30. The number of aliphatic carboxylic acids is 1. The molecule has 2 bridgehead atoms. The molecule has 2 aliphatic carbocycles. The van der Waals surface area contributed by atoms with E-state index in [1.54, 1.807) is 12.1 Å². The van der Waals surface area contributed by atoms with Gasteiger partial charge in [0.05, 0.1) is 5.92 Å². The SMILES string of the molecule is O=C(NC1C2CCC(C2)C1C(=O)O)c1ccc(Br)o1. The van der Waals surface area contributed by atoms with Crippen LogP contribution in [0.15, 0.2) is 21.2 Å². The number of hydrogen-bond donors (Lipinski definition) is 2. The van der Waals surface area contributed by atoms with Crippen LogP contribution in [0.2, 0.25) is 0 Å². The molecule has 0 radical (unpaired) electrons. The van der Waals surface area contributed by atoms with Gasteiger partial charge in [0, 0.05) is 6.04 Å². The number of carboxylic acids is 1. The summed E-state index contributed by atoms with van der Waals surface area (Å²) in [7, 11) is 0. The molecular formula is C13H14BrNO4. The van der Waals surface area contributed by atoms with Gasteiger partial charge in [0.2, 0.25) is 0 Å². The molecule has 5 nitrogen and oxygen atoms in total. The summed E-state index contributed by atoms with van der Waals surface area (Å²) in [6, 6.07) is 2.94. The number of rotatable bonds is 3. The summed E-state index contributed by atoms with van der Waals surface area (Å²) in [5, 5.41) is 12.1. The fraction of sp³-hybridized carbons (Fsp3) is 0.538. The Hall–Kier alpha value is -1.30. The maximum Gasteiger partial charge on any atom is 0.308 e. The lowest BCUT2D eigenvalue weighted by molar-refractivity contribution is -0.144. The molecule has 1 amide bonds. The minimum Gasteiger partial charge on any atom is -0.481 e. The Bertz CT molecular complexity index is 526. The number of nitrogens with one attached hydrogen (secondary N) is 1. The van der Waals surface area contributed by atoms with Crippen molar-refractivity contribution in [2.75, 3.05) is 0 Å². The maximum absolute atomic E-state index is 12.0. The molecule has 2 saturated carbocycles. The summed E-state index contributed by atoms with van der Waals surface area (Å²) in [5.74, 6) is -0.905. The van der Waals surface area contributed by atoms with Crippen molar-refractivity contribution >= 4 is 27.8 Å². The molecule has 19 heavy (non-hydrogen) atoms. The Morgan fingerprint density at radius 2 is 2.05 bits per heavy atom. The van der Waals surface area contributed by atoms with Crippen LogP contribution < -0.4 is 5.32 Å². The van der Waals surface area contributed by atoms with E-state index in [9.17, 15) is 14.7 Å². The van der Waals surface area contributed by atoms with Crippen molar-refractivity contribution in [2.24, 2.45) is 17.8 Å². The number of carboxylic acid groups (broad SMARTS) is 1. The molecule has 1 aromatic heterocycles. The van der Waals surface area contributed by atoms with Gasteiger partial charge in [-0.25, -0.2) is 0 Å². The average molecular weight is 328 g/mol. The van der Waals surface area contributed by atoms with Gasteiger partial charge >= 0.3 is 5.97 Å². The summed E-state index contributed by atoms with van der Waals surface area (Å²) in [5.41, 5.74) is 0. The van der Waals surface area contributed by atoms with Gasteiger partial charge in [-0.2, -0.15) is 0 Å². The number of hydrogen-bond acceptors (Lipinski definition) is 3. The van der Waals surface area contributed by atoms with E-state index in [0.717, 1.165) is 19.3 Å². The largest absolute Gasteiger partial charge is 0.481 e. The van der Waals surface area contributed by atoms with E-state index in [4.69, 9.17) is 4.42 Å². The van der Waals surface area contributed by atoms with Crippen LogP contribution in [0.5, 0.6) is 0 Å². The van der Waals surface area contributed by atoms with Crippen LogP contribution >= 0.6 is 15.9 Å². The molecule has 0 aromatic carbocycles. The summed E-state index contributed by atoms with van der Waals surface area (Å²) in [4.78, 5) is 23.4. The summed E-state index contributed by atoms with van der Waals surface area (Å²) < 4.78 is 5.68. The van der Waals surface area contributed by atoms with Gasteiger partial charge in [-0.1, -0.05) is 0 Å². The van der Waals surface area contributed by atoms with E-state index in [1.807, 2.05) is 0 Å². The third-order valence-corrected chi connectivity index (χ3v) is 4.72. The highest BCUT2D eigenvalue weighted by atomic mass is 79.9.